The highest BCUT2D eigenvalue weighted by atomic mass is 16.5. The third-order valence-electron chi connectivity index (χ3n) is 3.82. The van der Waals surface area contributed by atoms with Crippen LogP contribution >= 0.6 is 0 Å². The molecular weight excluding hydrogens is 266 g/mol. The van der Waals surface area contributed by atoms with E-state index < -0.39 is 0 Å². The van der Waals surface area contributed by atoms with Crippen LogP contribution in [-0.2, 0) is 13.5 Å². The Morgan fingerprint density at radius 3 is 3.14 bits per heavy atom. The normalized spacial score (nSPS) is 17.1. The fourth-order valence-corrected chi connectivity index (χ4v) is 2.70. The second-order valence-corrected chi connectivity index (χ2v) is 5.32. The first-order chi connectivity index (χ1) is 10.3. The van der Waals surface area contributed by atoms with Crippen molar-refractivity contribution >= 4 is 0 Å². The molecule has 21 heavy (non-hydrogen) atoms. The van der Waals surface area contributed by atoms with Crippen LogP contribution < -0.4 is 14.8 Å². The largest absolute Gasteiger partial charge is 0.497 e. The van der Waals surface area contributed by atoms with Gasteiger partial charge in [0.25, 0.3) is 0 Å². The van der Waals surface area contributed by atoms with Gasteiger partial charge in [0, 0.05) is 31.3 Å². The lowest BCUT2D eigenvalue weighted by Gasteiger charge is -2.27. The summed E-state index contributed by atoms with van der Waals surface area (Å²) in [5.74, 6) is 1.83. The fraction of sp³-hybridized carbons (Fsp3) is 0.438. The van der Waals surface area contributed by atoms with Gasteiger partial charge in [0.05, 0.1) is 19.9 Å². The lowest BCUT2D eigenvalue weighted by atomic mass is 10.00. The number of hydrogen-bond acceptors (Lipinski definition) is 4. The number of nitrogens with one attached hydrogen (secondary N) is 1. The minimum Gasteiger partial charge on any atom is -0.497 e. The van der Waals surface area contributed by atoms with Gasteiger partial charge in [-0.1, -0.05) is 0 Å². The van der Waals surface area contributed by atoms with Gasteiger partial charge in [0.1, 0.15) is 11.5 Å². The molecule has 1 unspecified atom stereocenters. The molecule has 0 saturated heterocycles. The predicted octanol–water partition coefficient (Wildman–Crippen LogP) is 2.08. The average molecular weight is 287 g/mol. The van der Waals surface area contributed by atoms with Crippen LogP contribution in [0.4, 0.5) is 0 Å². The van der Waals surface area contributed by atoms with Crippen LogP contribution in [0.5, 0.6) is 11.5 Å². The van der Waals surface area contributed by atoms with Crippen molar-refractivity contribution in [1.29, 1.82) is 0 Å². The first-order valence-corrected chi connectivity index (χ1v) is 7.28. The molecule has 0 aliphatic carbocycles. The van der Waals surface area contributed by atoms with E-state index in [0.29, 0.717) is 6.04 Å². The van der Waals surface area contributed by atoms with Gasteiger partial charge in [-0.15, -0.1) is 0 Å². The molecule has 0 spiro atoms. The van der Waals surface area contributed by atoms with Crippen molar-refractivity contribution in [2.75, 3.05) is 20.3 Å². The summed E-state index contributed by atoms with van der Waals surface area (Å²) in [6.45, 7) is 1.68. The molecule has 1 aliphatic rings. The van der Waals surface area contributed by atoms with E-state index >= 15 is 0 Å². The molecule has 2 heterocycles. The van der Waals surface area contributed by atoms with Gasteiger partial charge in [-0.25, -0.2) is 0 Å². The highest BCUT2D eigenvalue weighted by molar-refractivity contribution is 5.43. The Bertz CT molecular complexity index is 609. The van der Waals surface area contributed by atoms with Crippen LogP contribution in [-0.4, -0.2) is 30.0 Å². The number of aromatic nitrogens is 2. The van der Waals surface area contributed by atoms with Crippen molar-refractivity contribution in [1.82, 2.24) is 15.1 Å². The first-order valence-electron chi connectivity index (χ1n) is 7.28. The molecule has 0 fully saturated rings. The van der Waals surface area contributed by atoms with Crippen molar-refractivity contribution in [3.05, 3.63) is 41.7 Å². The highest BCUT2D eigenvalue weighted by Crippen LogP contribution is 2.34. The van der Waals surface area contributed by atoms with Crippen LogP contribution in [0, 0.1) is 0 Å². The monoisotopic (exact) mass is 287 g/mol. The van der Waals surface area contributed by atoms with Crippen LogP contribution in [0.15, 0.2) is 30.6 Å². The second kappa shape index (κ2) is 6.18. The molecule has 1 aromatic heterocycles. The van der Waals surface area contributed by atoms with Crippen molar-refractivity contribution in [3.63, 3.8) is 0 Å². The molecule has 1 atom stereocenters. The smallest absolute Gasteiger partial charge is 0.124 e. The van der Waals surface area contributed by atoms with E-state index in [-0.39, 0.29) is 0 Å². The number of hydrogen-bond donors (Lipinski definition) is 1. The average Bonchev–Trinajstić information content (AvgIpc) is 2.92. The van der Waals surface area contributed by atoms with Crippen LogP contribution in [0.2, 0.25) is 0 Å². The quantitative estimate of drug-likeness (QED) is 0.915. The number of fused-ring (bicyclic) bond motifs is 1. The van der Waals surface area contributed by atoms with Crippen LogP contribution in [0.3, 0.4) is 0 Å². The topological polar surface area (TPSA) is 48.3 Å². The number of rotatable bonds is 5. The molecule has 0 amide bonds. The maximum absolute atomic E-state index is 5.71. The van der Waals surface area contributed by atoms with Crippen molar-refractivity contribution in [2.45, 2.75) is 18.9 Å². The number of benzene rings is 1. The summed E-state index contributed by atoms with van der Waals surface area (Å²) in [4.78, 5) is 0. The van der Waals surface area contributed by atoms with Gasteiger partial charge in [0.15, 0.2) is 0 Å². The minimum absolute atomic E-state index is 0.320. The number of ether oxygens (including phenoxy) is 2. The molecule has 1 N–H and O–H groups in total. The zero-order valence-electron chi connectivity index (χ0n) is 12.5. The van der Waals surface area contributed by atoms with E-state index in [1.807, 2.05) is 30.1 Å². The van der Waals surface area contributed by atoms with Gasteiger partial charge >= 0.3 is 0 Å². The third-order valence-corrected chi connectivity index (χ3v) is 3.82. The fourth-order valence-electron chi connectivity index (χ4n) is 2.70. The van der Waals surface area contributed by atoms with Gasteiger partial charge < -0.3 is 14.8 Å². The summed E-state index contributed by atoms with van der Waals surface area (Å²) in [7, 11) is 3.63. The highest BCUT2D eigenvalue weighted by Gasteiger charge is 2.21. The van der Waals surface area contributed by atoms with E-state index in [2.05, 4.69) is 22.7 Å². The van der Waals surface area contributed by atoms with Crippen molar-refractivity contribution in [2.24, 2.45) is 7.05 Å². The Morgan fingerprint density at radius 2 is 2.38 bits per heavy atom. The number of nitrogens with zero attached hydrogens (tertiary/aromatic N) is 2. The Morgan fingerprint density at radius 1 is 1.48 bits per heavy atom. The van der Waals surface area contributed by atoms with Gasteiger partial charge in [-0.05, 0) is 36.7 Å². The lowest BCUT2D eigenvalue weighted by molar-refractivity contribution is 0.252. The predicted molar refractivity (Wildman–Crippen MR) is 80.8 cm³/mol. The lowest BCUT2D eigenvalue weighted by Crippen LogP contribution is -2.28. The van der Waals surface area contributed by atoms with Crippen molar-refractivity contribution < 1.29 is 9.47 Å². The molecule has 5 heteroatoms. The molecule has 5 nitrogen and oxygen atoms in total. The molecular formula is C16H21N3O2. The van der Waals surface area contributed by atoms with Gasteiger partial charge in [0.2, 0.25) is 0 Å². The van der Waals surface area contributed by atoms with E-state index in [1.54, 1.807) is 7.11 Å². The first kappa shape index (κ1) is 13.9. The summed E-state index contributed by atoms with van der Waals surface area (Å²) < 4.78 is 12.9. The van der Waals surface area contributed by atoms with E-state index in [9.17, 15) is 0 Å². The Kier molecular flexibility index (Phi) is 4.10. The summed E-state index contributed by atoms with van der Waals surface area (Å²) in [5, 5.41) is 7.81. The second-order valence-electron chi connectivity index (χ2n) is 5.32. The van der Waals surface area contributed by atoms with E-state index in [4.69, 9.17) is 9.47 Å². The maximum atomic E-state index is 5.71. The zero-order valence-corrected chi connectivity index (χ0v) is 12.5. The van der Waals surface area contributed by atoms with E-state index in [1.165, 1.54) is 11.1 Å². The summed E-state index contributed by atoms with van der Waals surface area (Å²) in [5.41, 5.74) is 2.44. The van der Waals surface area contributed by atoms with Gasteiger partial charge in [-0.3, -0.25) is 4.68 Å². The third kappa shape index (κ3) is 3.19. The molecule has 0 radical (unpaired) electrons. The zero-order chi connectivity index (χ0) is 14.7. The summed E-state index contributed by atoms with van der Waals surface area (Å²) >= 11 is 0. The van der Waals surface area contributed by atoms with Crippen molar-refractivity contribution in [3.8, 4) is 11.5 Å². The number of methoxy groups -OCH3 is 1. The molecule has 1 aromatic carbocycles. The molecule has 3 rings (SSSR count). The molecule has 2 aromatic rings. The SMILES string of the molecule is COc1ccc2c(c1)C(NCCc1cnn(C)c1)CCO2. The van der Waals surface area contributed by atoms with Crippen LogP contribution in [0.1, 0.15) is 23.6 Å². The minimum atomic E-state index is 0.320. The molecule has 1 aliphatic heterocycles. The molecule has 112 valence electrons. The standard InChI is InChI=1S/C16H21N3O2/c1-19-11-12(10-18-19)5-7-17-15-6-8-21-16-4-3-13(20-2)9-14(15)16/h3-4,9-11,15,17H,5-8H2,1-2H3. The van der Waals surface area contributed by atoms with E-state index in [0.717, 1.165) is 37.5 Å². The summed E-state index contributed by atoms with van der Waals surface area (Å²) in [6.07, 6.45) is 5.93. The maximum Gasteiger partial charge on any atom is 0.124 e. The van der Waals surface area contributed by atoms with Crippen LogP contribution in [0.25, 0.3) is 0 Å². The van der Waals surface area contributed by atoms with Gasteiger partial charge in [-0.2, -0.15) is 5.10 Å². The number of aryl methyl sites for hydroxylation is 1. The summed E-state index contributed by atoms with van der Waals surface area (Å²) in [6, 6.07) is 6.32. The Balaban J connectivity index is 1.64. The molecule has 0 saturated carbocycles. The Hall–Kier alpha value is -2.01. The molecule has 0 bridgehead atoms. The Labute approximate surface area is 124 Å².